The molecular weight excluding hydrogens is 244 g/mol. The Balaban J connectivity index is 2.11. The second kappa shape index (κ2) is 10.9. The standard InChI is InChI=1S/C18H35N2/c1-4-6-8-9-10-11-12-13-15-20-17-16-19(18(20)3)14-7-5-2/h16-17H,4-15H2,1-3H3/q+1. The van der Waals surface area contributed by atoms with Crippen molar-refractivity contribution in [2.45, 2.75) is 98.1 Å². The average Bonchev–Trinajstić information content (AvgIpc) is 2.80. The quantitative estimate of drug-likeness (QED) is 0.375. The lowest BCUT2D eigenvalue weighted by molar-refractivity contribution is -0.702. The van der Waals surface area contributed by atoms with Crippen LogP contribution >= 0.6 is 0 Å². The van der Waals surface area contributed by atoms with Crippen molar-refractivity contribution in [1.29, 1.82) is 0 Å². The van der Waals surface area contributed by atoms with Gasteiger partial charge in [0.1, 0.15) is 12.4 Å². The van der Waals surface area contributed by atoms with E-state index in [1.165, 1.54) is 83.1 Å². The maximum Gasteiger partial charge on any atom is 0.253 e. The van der Waals surface area contributed by atoms with Crippen LogP contribution in [0.3, 0.4) is 0 Å². The van der Waals surface area contributed by atoms with Crippen LogP contribution < -0.4 is 4.57 Å². The molecule has 0 saturated carbocycles. The first kappa shape index (κ1) is 17.3. The minimum Gasteiger partial charge on any atom is -0.234 e. The maximum absolute atomic E-state index is 2.42. The SMILES string of the molecule is CCCCCCCCCC[n+]1ccn(CCCC)c1C. The fourth-order valence-electron chi connectivity index (χ4n) is 2.76. The average molecular weight is 279 g/mol. The Bertz CT molecular complexity index is 341. The van der Waals surface area contributed by atoms with Gasteiger partial charge in [-0.05, 0) is 19.3 Å². The molecular formula is C18H35N2+. The molecule has 0 fully saturated rings. The van der Waals surface area contributed by atoms with Crippen molar-refractivity contribution < 1.29 is 4.57 Å². The lowest BCUT2D eigenvalue weighted by atomic mass is 10.1. The van der Waals surface area contributed by atoms with E-state index >= 15 is 0 Å². The Hall–Kier alpha value is -0.790. The molecule has 2 nitrogen and oxygen atoms in total. The van der Waals surface area contributed by atoms with Crippen LogP contribution in [-0.4, -0.2) is 4.57 Å². The van der Waals surface area contributed by atoms with Crippen molar-refractivity contribution in [3.63, 3.8) is 0 Å². The summed E-state index contributed by atoms with van der Waals surface area (Å²) < 4.78 is 4.82. The molecule has 2 heteroatoms. The summed E-state index contributed by atoms with van der Waals surface area (Å²) >= 11 is 0. The van der Waals surface area contributed by atoms with Crippen LogP contribution in [0.4, 0.5) is 0 Å². The molecule has 0 aliphatic carbocycles. The van der Waals surface area contributed by atoms with Crippen LogP contribution in [0.2, 0.25) is 0 Å². The normalized spacial score (nSPS) is 11.2. The number of aryl methyl sites for hydroxylation is 2. The smallest absolute Gasteiger partial charge is 0.234 e. The minimum absolute atomic E-state index is 1.17. The van der Waals surface area contributed by atoms with Crippen molar-refractivity contribution >= 4 is 0 Å². The molecule has 20 heavy (non-hydrogen) atoms. The van der Waals surface area contributed by atoms with E-state index in [0.717, 1.165) is 0 Å². The summed E-state index contributed by atoms with van der Waals surface area (Å²) in [5.74, 6) is 1.42. The molecule has 0 unspecified atom stereocenters. The molecule has 0 N–H and O–H groups in total. The second-order valence-corrected chi connectivity index (χ2v) is 6.06. The predicted octanol–water partition coefficient (Wildman–Crippen LogP) is 5.02. The van der Waals surface area contributed by atoms with E-state index in [1.54, 1.807) is 0 Å². The molecule has 0 radical (unpaired) electrons. The molecule has 0 aliphatic heterocycles. The van der Waals surface area contributed by atoms with E-state index < -0.39 is 0 Å². The summed E-state index contributed by atoms with van der Waals surface area (Å²) in [7, 11) is 0. The molecule has 116 valence electrons. The lowest BCUT2D eigenvalue weighted by Gasteiger charge is -2.02. The van der Waals surface area contributed by atoms with Gasteiger partial charge in [-0.3, -0.25) is 0 Å². The number of imidazole rings is 1. The minimum atomic E-state index is 1.17. The summed E-state index contributed by atoms with van der Waals surface area (Å²) in [4.78, 5) is 0. The third-order valence-electron chi connectivity index (χ3n) is 4.26. The number of nitrogens with zero attached hydrogens (tertiary/aromatic N) is 2. The molecule has 0 atom stereocenters. The highest BCUT2D eigenvalue weighted by atomic mass is 15.1. The Morgan fingerprint density at radius 3 is 2.10 bits per heavy atom. The number of unbranched alkanes of at least 4 members (excludes halogenated alkanes) is 8. The molecule has 1 aromatic rings. The molecule has 1 heterocycles. The fraction of sp³-hybridized carbons (Fsp3) is 0.833. The van der Waals surface area contributed by atoms with E-state index in [1.807, 2.05) is 0 Å². The zero-order valence-electron chi connectivity index (χ0n) is 14.0. The van der Waals surface area contributed by atoms with E-state index in [-0.39, 0.29) is 0 Å². The fourth-order valence-corrected chi connectivity index (χ4v) is 2.76. The van der Waals surface area contributed by atoms with Gasteiger partial charge in [0.25, 0.3) is 5.82 Å². The first-order valence-electron chi connectivity index (χ1n) is 8.84. The Morgan fingerprint density at radius 1 is 0.850 bits per heavy atom. The van der Waals surface area contributed by atoms with Gasteiger partial charge in [0, 0.05) is 6.92 Å². The van der Waals surface area contributed by atoms with Gasteiger partial charge in [0.2, 0.25) is 0 Å². The van der Waals surface area contributed by atoms with Crippen molar-refractivity contribution in [2.75, 3.05) is 0 Å². The van der Waals surface area contributed by atoms with E-state index in [2.05, 4.69) is 42.3 Å². The van der Waals surface area contributed by atoms with Gasteiger partial charge in [-0.25, -0.2) is 9.13 Å². The Kier molecular flexibility index (Phi) is 9.44. The molecule has 0 bridgehead atoms. The molecule has 0 saturated heterocycles. The number of hydrogen-bond donors (Lipinski definition) is 0. The molecule has 0 aliphatic rings. The van der Waals surface area contributed by atoms with Crippen molar-refractivity contribution in [1.82, 2.24) is 4.57 Å². The van der Waals surface area contributed by atoms with Crippen LogP contribution in [-0.2, 0) is 13.1 Å². The van der Waals surface area contributed by atoms with Crippen LogP contribution in [0.25, 0.3) is 0 Å². The lowest BCUT2D eigenvalue weighted by Crippen LogP contribution is -2.35. The molecule has 1 rings (SSSR count). The third-order valence-corrected chi connectivity index (χ3v) is 4.26. The van der Waals surface area contributed by atoms with Crippen molar-refractivity contribution in [3.05, 3.63) is 18.2 Å². The Morgan fingerprint density at radius 2 is 1.45 bits per heavy atom. The van der Waals surface area contributed by atoms with Crippen LogP contribution in [0.1, 0.15) is 83.9 Å². The van der Waals surface area contributed by atoms with Gasteiger partial charge < -0.3 is 0 Å². The second-order valence-electron chi connectivity index (χ2n) is 6.06. The predicted molar refractivity (Wildman–Crippen MR) is 86.9 cm³/mol. The van der Waals surface area contributed by atoms with E-state index in [4.69, 9.17) is 0 Å². The zero-order chi connectivity index (χ0) is 14.6. The first-order valence-corrected chi connectivity index (χ1v) is 8.84. The van der Waals surface area contributed by atoms with Crippen LogP contribution in [0.5, 0.6) is 0 Å². The molecule has 0 spiro atoms. The van der Waals surface area contributed by atoms with E-state index in [9.17, 15) is 0 Å². The molecule has 0 amide bonds. The zero-order valence-corrected chi connectivity index (χ0v) is 14.0. The third kappa shape index (κ3) is 6.58. The summed E-state index contributed by atoms with van der Waals surface area (Å²) in [5.41, 5.74) is 0. The van der Waals surface area contributed by atoms with Gasteiger partial charge in [-0.2, -0.15) is 0 Å². The summed E-state index contributed by atoms with van der Waals surface area (Å²) in [6.45, 7) is 9.16. The number of aromatic nitrogens is 2. The number of hydrogen-bond acceptors (Lipinski definition) is 0. The largest absolute Gasteiger partial charge is 0.253 e. The van der Waals surface area contributed by atoms with Gasteiger partial charge in [0.05, 0.1) is 13.1 Å². The topological polar surface area (TPSA) is 8.81 Å². The number of rotatable bonds is 12. The highest BCUT2D eigenvalue weighted by molar-refractivity contribution is 4.79. The molecule has 1 aromatic heterocycles. The van der Waals surface area contributed by atoms with Crippen LogP contribution in [0.15, 0.2) is 12.4 Å². The van der Waals surface area contributed by atoms with Gasteiger partial charge in [-0.1, -0.05) is 58.8 Å². The van der Waals surface area contributed by atoms with Crippen molar-refractivity contribution in [2.24, 2.45) is 0 Å². The monoisotopic (exact) mass is 279 g/mol. The van der Waals surface area contributed by atoms with Gasteiger partial charge in [-0.15, -0.1) is 0 Å². The van der Waals surface area contributed by atoms with Gasteiger partial charge in [0.15, 0.2) is 0 Å². The highest BCUT2D eigenvalue weighted by Crippen LogP contribution is 2.08. The van der Waals surface area contributed by atoms with E-state index in [0.29, 0.717) is 0 Å². The highest BCUT2D eigenvalue weighted by Gasteiger charge is 2.10. The summed E-state index contributed by atoms with van der Waals surface area (Å²) in [6, 6.07) is 0. The summed E-state index contributed by atoms with van der Waals surface area (Å²) in [6.07, 6.45) is 18.3. The van der Waals surface area contributed by atoms with Crippen molar-refractivity contribution in [3.8, 4) is 0 Å². The Labute approximate surface area is 126 Å². The van der Waals surface area contributed by atoms with Crippen LogP contribution in [0, 0.1) is 6.92 Å². The van der Waals surface area contributed by atoms with Gasteiger partial charge >= 0.3 is 0 Å². The molecule has 0 aromatic carbocycles. The summed E-state index contributed by atoms with van der Waals surface area (Å²) in [5, 5.41) is 0. The maximum atomic E-state index is 2.42. The first-order chi connectivity index (χ1) is 9.79.